The first kappa shape index (κ1) is 19.4. The van der Waals surface area contributed by atoms with Gasteiger partial charge >= 0.3 is 5.97 Å². The van der Waals surface area contributed by atoms with Gasteiger partial charge in [0, 0.05) is 2.85 Å². The Hall–Kier alpha value is -2.39. The van der Waals surface area contributed by atoms with Crippen LogP contribution < -0.4 is 0 Å². The summed E-state index contributed by atoms with van der Waals surface area (Å²) in [5, 5.41) is 19.6. The molecule has 0 amide bonds. The van der Waals surface area contributed by atoms with E-state index in [1.807, 2.05) is 12.1 Å². The second kappa shape index (κ2) is 6.97. The zero-order valence-electron chi connectivity index (χ0n) is 16.5. The summed E-state index contributed by atoms with van der Waals surface area (Å²) in [7, 11) is 0. The van der Waals surface area contributed by atoms with Gasteiger partial charge in [-0.05, 0) is 58.1 Å². The van der Waals surface area contributed by atoms with Gasteiger partial charge in [-0.25, -0.2) is 4.79 Å². The van der Waals surface area contributed by atoms with Gasteiger partial charge in [-0.15, -0.1) is 0 Å². The van der Waals surface area contributed by atoms with Gasteiger partial charge in [-0.2, -0.15) is 0 Å². The highest BCUT2D eigenvalue weighted by molar-refractivity contribution is 5.87. The van der Waals surface area contributed by atoms with E-state index in [1.165, 1.54) is 17.5 Å². The summed E-state index contributed by atoms with van der Waals surface area (Å²) < 4.78 is 0. The first-order valence-electron chi connectivity index (χ1n) is 9.45. The van der Waals surface area contributed by atoms with Crippen molar-refractivity contribution in [3.8, 4) is 0 Å². The van der Waals surface area contributed by atoms with Crippen LogP contribution in [0.2, 0.25) is 0 Å². The van der Waals surface area contributed by atoms with E-state index in [1.54, 1.807) is 30.3 Å². The molecule has 0 heterocycles. The molecule has 1 unspecified atom stereocenters. The van der Waals surface area contributed by atoms with Crippen LogP contribution in [0.15, 0.2) is 48.5 Å². The summed E-state index contributed by atoms with van der Waals surface area (Å²) in [6.07, 6.45) is 5.18. The number of aliphatic hydroxyl groups is 1. The lowest BCUT2D eigenvalue weighted by atomic mass is 9.63. The van der Waals surface area contributed by atoms with E-state index in [2.05, 4.69) is 39.8 Å². The third kappa shape index (κ3) is 3.98. The van der Waals surface area contributed by atoms with Gasteiger partial charge in [0.25, 0.3) is 0 Å². The minimum absolute atomic E-state index is 0. The molecule has 2 N–H and O–H groups in total. The molecule has 146 valence electrons. The van der Waals surface area contributed by atoms with Gasteiger partial charge in [-0.1, -0.05) is 70.2 Å². The van der Waals surface area contributed by atoms with Crippen molar-refractivity contribution in [1.29, 1.82) is 0 Å². The van der Waals surface area contributed by atoms with Crippen LogP contribution in [-0.2, 0) is 10.8 Å². The fraction of sp³-hybridized carbons (Fsp3) is 0.375. The van der Waals surface area contributed by atoms with E-state index in [-0.39, 0.29) is 19.2 Å². The number of benzene rings is 2. The van der Waals surface area contributed by atoms with E-state index < -0.39 is 12.1 Å². The average Bonchev–Trinajstić information content (AvgIpc) is 2.63. The summed E-state index contributed by atoms with van der Waals surface area (Å²) in [4.78, 5) is 10.9. The molecule has 3 nitrogen and oxygen atoms in total. The molecule has 0 bridgehead atoms. The second-order valence-electron chi connectivity index (χ2n) is 8.80. The zero-order valence-corrected chi connectivity index (χ0v) is 16.5. The number of carboxylic acid groups (broad SMARTS) is 1. The smallest absolute Gasteiger partial charge is 0.335 e. The van der Waals surface area contributed by atoms with Crippen molar-refractivity contribution in [2.45, 2.75) is 57.5 Å². The summed E-state index contributed by atoms with van der Waals surface area (Å²) in [5.74, 6) is -0.940. The molecule has 0 radical (unpaired) electrons. The van der Waals surface area contributed by atoms with E-state index >= 15 is 0 Å². The number of carboxylic acids is 1. The lowest BCUT2D eigenvalue weighted by Gasteiger charge is -2.42. The maximum absolute atomic E-state index is 10.9. The topological polar surface area (TPSA) is 57.5 Å². The van der Waals surface area contributed by atoms with Crippen molar-refractivity contribution in [3.63, 3.8) is 0 Å². The van der Waals surface area contributed by atoms with Gasteiger partial charge in [0.2, 0.25) is 0 Å². The average molecular weight is 369 g/mol. The fourth-order valence-electron chi connectivity index (χ4n) is 3.84. The molecule has 1 aliphatic rings. The van der Waals surface area contributed by atoms with Crippen molar-refractivity contribution in [1.82, 2.24) is 0 Å². The van der Waals surface area contributed by atoms with Crippen LogP contribution in [0.3, 0.4) is 0 Å². The molecule has 0 spiro atoms. The molecule has 0 aliphatic heterocycles. The molecule has 3 rings (SSSR count). The Bertz CT molecular complexity index is 883. The molecule has 3 heteroatoms. The summed E-state index contributed by atoms with van der Waals surface area (Å²) in [6.45, 7) is 9.13. The van der Waals surface area contributed by atoms with Gasteiger partial charge in [0.05, 0.1) is 11.7 Å². The highest BCUT2D eigenvalue weighted by Gasteiger charge is 2.37. The molecule has 0 aromatic heterocycles. The van der Waals surface area contributed by atoms with Gasteiger partial charge in [-0.3, -0.25) is 0 Å². The van der Waals surface area contributed by atoms with Gasteiger partial charge < -0.3 is 10.2 Å². The highest BCUT2D eigenvalue weighted by Crippen LogP contribution is 2.46. The Kier molecular flexibility index (Phi) is 5.00. The Morgan fingerprint density at radius 2 is 1.59 bits per heavy atom. The molecule has 2 aromatic rings. The predicted molar refractivity (Wildman–Crippen MR) is 113 cm³/mol. The molecule has 1 aliphatic carbocycles. The number of hydrogen-bond donors (Lipinski definition) is 2. The number of fused-ring (bicyclic) bond motifs is 1. The number of rotatable bonds is 4. The van der Waals surface area contributed by atoms with Gasteiger partial charge in [0.1, 0.15) is 0 Å². The lowest BCUT2D eigenvalue weighted by molar-refractivity contribution is 0.0697. The molecule has 27 heavy (non-hydrogen) atoms. The zero-order chi connectivity index (χ0) is 19.8. The standard InChI is InChI=1S/C24H28O3.2H2/c1-23(2)13-14-24(3,4)20-15-18(10-11-19(20)23)21(25)12-7-16-5-8-17(9-6-16)22(26)27;;/h5-12,15,21,25H,13-14H2,1-4H3,(H,26,27);2*1H/b12-7+;;. The van der Waals surface area contributed by atoms with Crippen molar-refractivity contribution >= 4 is 12.0 Å². The molecular weight excluding hydrogens is 336 g/mol. The van der Waals surface area contributed by atoms with Crippen molar-refractivity contribution in [3.05, 3.63) is 76.4 Å². The first-order valence-corrected chi connectivity index (χ1v) is 9.45. The minimum atomic E-state index is -0.940. The number of aromatic carboxylic acids is 1. The minimum Gasteiger partial charge on any atom is -0.478 e. The van der Waals surface area contributed by atoms with E-state index in [0.29, 0.717) is 0 Å². The molecule has 2 aromatic carbocycles. The summed E-state index contributed by atoms with van der Waals surface area (Å²) in [6, 6.07) is 13.0. The number of hydrogen-bond acceptors (Lipinski definition) is 2. The summed E-state index contributed by atoms with van der Waals surface area (Å²) >= 11 is 0. The maximum atomic E-state index is 10.9. The van der Waals surface area contributed by atoms with Crippen LogP contribution in [0.25, 0.3) is 6.08 Å². The quantitative estimate of drug-likeness (QED) is 0.698. The van der Waals surface area contributed by atoms with Gasteiger partial charge in [0.15, 0.2) is 0 Å². The van der Waals surface area contributed by atoms with Crippen LogP contribution in [-0.4, -0.2) is 16.2 Å². The number of carbonyl (C=O) groups is 1. The van der Waals surface area contributed by atoms with Crippen molar-refractivity contribution in [2.24, 2.45) is 0 Å². The Morgan fingerprint density at radius 1 is 1.00 bits per heavy atom. The monoisotopic (exact) mass is 368 g/mol. The van der Waals surface area contributed by atoms with Crippen molar-refractivity contribution < 1.29 is 17.9 Å². The summed E-state index contributed by atoms with van der Waals surface area (Å²) in [5.41, 5.74) is 4.98. The molecule has 0 saturated heterocycles. The Morgan fingerprint density at radius 3 is 2.19 bits per heavy atom. The normalized spacial score (nSPS) is 18.9. The molecule has 0 fully saturated rings. The van der Waals surface area contributed by atoms with Crippen LogP contribution in [0.1, 0.15) is 82.1 Å². The maximum Gasteiger partial charge on any atom is 0.335 e. The Labute approximate surface area is 164 Å². The van der Waals surface area contributed by atoms with Crippen LogP contribution in [0.4, 0.5) is 0 Å². The van der Waals surface area contributed by atoms with Crippen LogP contribution in [0, 0.1) is 0 Å². The highest BCUT2D eigenvalue weighted by atomic mass is 16.4. The van der Waals surface area contributed by atoms with Crippen LogP contribution in [0.5, 0.6) is 0 Å². The van der Waals surface area contributed by atoms with E-state index in [9.17, 15) is 9.90 Å². The predicted octanol–water partition coefficient (Wildman–Crippen LogP) is 5.97. The third-order valence-electron chi connectivity index (χ3n) is 5.85. The largest absolute Gasteiger partial charge is 0.478 e. The lowest BCUT2D eigenvalue weighted by Crippen LogP contribution is -2.33. The first-order chi connectivity index (χ1) is 12.6. The molecule has 1 atom stereocenters. The second-order valence-corrected chi connectivity index (χ2v) is 8.80. The van der Waals surface area contributed by atoms with Crippen LogP contribution >= 0.6 is 0 Å². The Balaban J connectivity index is 0.00000210. The SMILES string of the molecule is CC1(C)CCC(C)(C)c2cc(C(O)/C=C/c3ccc(C(=O)O)cc3)ccc21.[HH].[HH]. The number of aliphatic hydroxyl groups excluding tert-OH is 1. The van der Waals surface area contributed by atoms with E-state index in [4.69, 9.17) is 5.11 Å². The van der Waals surface area contributed by atoms with E-state index in [0.717, 1.165) is 17.5 Å². The fourth-order valence-corrected chi connectivity index (χ4v) is 3.84. The van der Waals surface area contributed by atoms with Crippen molar-refractivity contribution in [2.75, 3.05) is 0 Å². The third-order valence-corrected chi connectivity index (χ3v) is 5.85. The molecule has 0 saturated carbocycles. The molecular formula is C24H32O3.